The van der Waals surface area contributed by atoms with Gasteiger partial charge in [-0.3, -0.25) is 4.79 Å². The van der Waals surface area contributed by atoms with E-state index in [4.69, 9.17) is 5.11 Å². The average Bonchev–Trinajstić information content (AvgIpc) is 2.31. The molecule has 0 aliphatic heterocycles. The number of amides is 1. The van der Waals surface area contributed by atoms with Gasteiger partial charge in [0.05, 0.1) is 6.54 Å². The Morgan fingerprint density at radius 2 is 1.95 bits per heavy atom. The summed E-state index contributed by atoms with van der Waals surface area (Å²) in [4.78, 5) is 11.7. The molecule has 106 valence electrons. The molecule has 1 rings (SSSR count). The molecule has 1 aromatic carbocycles. The summed E-state index contributed by atoms with van der Waals surface area (Å²) in [6, 6.07) is 7.45. The second-order valence-electron chi connectivity index (χ2n) is 5.30. The van der Waals surface area contributed by atoms with Crippen LogP contribution in [0.5, 0.6) is 0 Å². The average molecular weight is 329 g/mol. The predicted molar refractivity (Wildman–Crippen MR) is 81.1 cm³/mol. The molecule has 3 N–H and O–H groups in total. The van der Waals surface area contributed by atoms with Crippen molar-refractivity contribution in [3.8, 4) is 0 Å². The Balaban J connectivity index is 2.30. The monoisotopic (exact) mass is 328 g/mol. The summed E-state index contributed by atoms with van der Waals surface area (Å²) in [5.74, 6) is -0.0675. The molecule has 0 radical (unpaired) electrons. The van der Waals surface area contributed by atoms with Gasteiger partial charge in [-0.15, -0.1) is 0 Å². The molecule has 0 spiro atoms. The van der Waals surface area contributed by atoms with Crippen LogP contribution >= 0.6 is 15.9 Å². The van der Waals surface area contributed by atoms with Gasteiger partial charge in [0.2, 0.25) is 5.91 Å². The number of benzene rings is 1. The highest BCUT2D eigenvalue weighted by atomic mass is 79.9. The highest BCUT2D eigenvalue weighted by Gasteiger charge is 2.16. The first-order valence-corrected chi connectivity index (χ1v) is 7.09. The van der Waals surface area contributed by atoms with Crippen LogP contribution in [0.25, 0.3) is 0 Å². The van der Waals surface area contributed by atoms with Gasteiger partial charge in [-0.1, -0.05) is 29.8 Å². The summed E-state index contributed by atoms with van der Waals surface area (Å²) >= 11 is 3.34. The number of aliphatic hydroxyl groups excluding tert-OH is 1. The zero-order valence-corrected chi connectivity index (χ0v) is 13.0. The summed E-state index contributed by atoms with van der Waals surface area (Å²) in [6.45, 7) is 5.25. The Bertz CT molecular complexity index is 404. The lowest BCUT2D eigenvalue weighted by molar-refractivity contribution is -0.115. The summed E-state index contributed by atoms with van der Waals surface area (Å²) in [7, 11) is 0. The van der Waals surface area contributed by atoms with Gasteiger partial charge in [0.15, 0.2) is 0 Å². The summed E-state index contributed by atoms with van der Waals surface area (Å²) in [5.41, 5.74) is 0.775. The van der Waals surface area contributed by atoms with Crippen LogP contribution in [0.2, 0.25) is 0 Å². The Morgan fingerprint density at radius 1 is 1.32 bits per heavy atom. The third kappa shape index (κ3) is 6.71. The van der Waals surface area contributed by atoms with Crippen LogP contribution in [-0.4, -0.2) is 30.7 Å². The minimum atomic E-state index is -0.0675. The van der Waals surface area contributed by atoms with Crippen LogP contribution in [0.3, 0.4) is 0 Å². The van der Waals surface area contributed by atoms with E-state index in [2.05, 4.69) is 40.4 Å². The van der Waals surface area contributed by atoms with Crippen LogP contribution in [0, 0.1) is 5.41 Å². The van der Waals surface area contributed by atoms with Gasteiger partial charge in [-0.2, -0.15) is 0 Å². The molecule has 0 aliphatic rings. The van der Waals surface area contributed by atoms with Gasteiger partial charge in [0.1, 0.15) is 0 Å². The van der Waals surface area contributed by atoms with E-state index in [0.717, 1.165) is 10.2 Å². The second kappa shape index (κ2) is 7.62. The van der Waals surface area contributed by atoms with Crippen molar-refractivity contribution in [1.82, 2.24) is 5.32 Å². The molecule has 0 heterocycles. The van der Waals surface area contributed by atoms with Crippen molar-refractivity contribution >= 4 is 27.5 Å². The van der Waals surface area contributed by atoms with Gasteiger partial charge in [0.25, 0.3) is 0 Å². The lowest BCUT2D eigenvalue weighted by Crippen LogP contribution is -2.35. The summed E-state index contributed by atoms with van der Waals surface area (Å²) in [5, 5.41) is 14.8. The fraction of sp³-hybridized carbons (Fsp3) is 0.500. The zero-order valence-electron chi connectivity index (χ0n) is 11.4. The third-order valence-electron chi connectivity index (χ3n) is 2.81. The molecule has 0 fully saturated rings. The van der Waals surface area contributed by atoms with Gasteiger partial charge in [-0.05, 0) is 36.1 Å². The fourth-order valence-electron chi connectivity index (χ4n) is 1.64. The normalized spacial score (nSPS) is 11.4. The number of aliphatic hydroxyl groups is 1. The lowest BCUT2D eigenvalue weighted by Gasteiger charge is -2.23. The van der Waals surface area contributed by atoms with Gasteiger partial charge >= 0.3 is 0 Å². The maximum absolute atomic E-state index is 11.7. The fourth-order valence-corrected chi connectivity index (χ4v) is 1.91. The standard InChI is InChI=1S/C14H21BrN2O2/c1-14(2,7-8-18)10-16-9-13(19)17-12-5-3-11(15)4-6-12/h3-6,16,18H,7-10H2,1-2H3,(H,17,19). The number of anilines is 1. The first kappa shape index (κ1) is 16.1. The SMILES string of the molecule is CC(C)(CCO)CNCC(=O)Nc1ccc(Br)cc1. The van der Waals surface area contributed by atoms with E-state index in [1.165, 1.54) is 0 Å². The van der Waals surface area contributed by atoms with E-state index in [1.54, 1.807) is 0 Å². The van der Waals surface area contributed by atoms with Crippen molar-refractivity contribution < 1.29 is 9.90 Å². The maximum Gasteiger partial charge on any atom is 0.238 e. The largest absolute Gasteiger partial charge is 0.396 e. The highest BCUT2D eigenvalue weighted by molar-refractivity contribution is 9.10. The molecule has 0 unspecified atom stereocenters. The summed E-state index contributed by atoms with van der Waals surface area (Å²) in [6.07, 6.45) is 0.717. The number of nitrogens with one attached hydrogen (secondary N) is 2. The van der Waals surface area contributed by atoms with Crippen LogP contribution in [0.4, 0.5) is 5.69 Å². The van der Waals surface area contributed by atoms with Gasteiger partial charge in [-0.25, -0.2) is 0 Å². The first-order chi connectivity index (χ1) is 8.93. The molecule has 4 nitrogen and oxygen atoms in total. The number of hydrogen-bond donors (Lipinski definition) is 3. The van der Waals surface area contributed by atoms with Gasteiger partial charge in [0, 0.05) is 23.3 Å². The number of carbonyl (C=O) groups excluding carboxylic acids is 1. The molecule has 0 aliphatic carbocycles. The Kier molecular flexibility index (Phi) is 6.48. The van der Waals surface area contributed by atoms with Crippen molar-refractivity contribution in [1.29, 1.82) is 0 Å². The molecule has 1 aromatic rings. The minimum absolute atomic E-state index is 0.00730. The van der Waals surface area contributed by atoms with E-state index < -0.39 is 0 Å². The molecule has 0 atom stereocenters. The quantitative estimate of drug-likeness (QED) is 0.720. The minimum Gasteiger partial charge on any atom is -0.396 e. The predicted octanol–water partition coefficient (Wildman–Crippen LogP) is 2.39. The van der Waals surface area contributed by atoms with Crippen LogP contribution in [0.1, 0.15) is 20.3 Å². The van der Waals surface area contributed by atoms with Crippen LogP contribution in [0.15, 0.2) is 28.7 Å². The van der Waals surface area contributed by atoms with E-state index in [-0.39, 0.29) is 24.5 Å². The Morgan fingerprint density at radius 3 is 2.53 bits per heavy atom. The smallest absolute Gasteiger partial charge is 0.238 e. The molecular weight excluding hydrogens is 308 g/mol. The topological polar surface area (TPSA) is 61.4 Å². The summed E-state index contributed by atoms with van der Waals surface area (Å²) < 4.78 is 0.981. The number of carbonyl (C=O) groups is 1. The molecule has 1 amide bonds. The van der Waals surface area contributed by atoms with E-state index >= 15 is 0 Å². The zero-order chi connectivity index (χ0) is 14.3. The Hall–Kier alpha value is -0.910. The molecule has 0 saturated carbocycles. The molecule has 19 heavy (non-hydrogen) atoms. The first-order valence-electron chi connectivity index (χ1n) is 6.30. The van der Waals surface area contributed by atoms with Gasteiger partial charge < -0.3 is 15.7 Å². The molecule has 0 saturated heterocycles. The third-order valence-corrected chi connectivity index (χ3v) is 3.33. The number of rotatable bonds is 7. The second-order valence-corrected chi connectivity index (χ2v) is 6.21. The van der Waals surface area contributed by atoms with Crippen molar-refractivity contribution in [2.45, 2.75) is 20.3 Å². The molecular formula is C14H21BrN2O2. The highest BCUT2D eigenvalue weighted by Crippen LogP contribution is 2.17. The van der Waals surface area contributed by atoms with E-state index in [1.807, 2.05) is 24.3 Å². The molecule has 0 aromatic heterocycles. The number of halogens is 1. The van der Waals surface area contributed by atoms with Crippen molar-refractivity contribution in [3.05, 3.63) is 28.7 Å². The van der Waals surface area contributed by atoms with E-state index in [0.29, 0.717) is 13.0 Å². The van der Waals surface area contributed by atoms with Crippen LogP contribution in [-0.2, 0) is 4.79 Å². The number of hydrogen-bond acceptors (Lipinski definition) is 3. The van der Waals surface area contributed by atoms with Crippen LogP contribution < -0.4 is 10.6 Å². The van der Waals surface area contributed by atoms with Crippen molar-refractivity contribution in [2.24, 2.45) is 5.41 Å². The Labute approximate surface area is 122 Å². The molecule has 0 bridgehead atoms. The molecule has 5 heteroatoms. The van der Waals surface area contributed by atoms with Crippen molar-refractivity contribution in [2.75, 3.05) is 25.0 Å². The maximum atomic E-state index is 11.7. The van der Waals surface area contributed by atoms with Crippen molar-refractivity contribution in [3.63, 3.8) is 0 Å². The lowest BCUT2D eigenvalue weighted by atomic mass is 9.90. The van der Waals surface area contributed by atoms with E-state index in [9.17, 15) is 4.79 Å².